The number of halogens is 2. The van der Waals surface area contributed by atoms with E-state index in [1.807, 2.05) is 30.3 Å². The predicted octanol–water partition coefficient (Wildman–Crippen LogP) is 5.54. The number of imidazole rings is 1. The topological polar surface area (TPSA) is 56.1 Å². The number of rotatable bonds is 8. The summed E-state index contributed by atoms with van der Waals surface area (Å²) in [5.74, 6) is 0.218. The number of fused-ring (bicyclic) bond motifs is 1. The lowest BCUT2D eigenvalue weighted by molar-refractivity contribution is 0.0704. The molecule has 164 valence electrons. The fourth-order valence-electron chi connectivity index (χ4n) is 3.50. The van der Waals surface area contributed by atoms with Gasteiger partial charge in [-0.15, -0.1) is 0 Å². The number of hydrogen-bond donors (Lipinski definition) is 1. The number of carbonyl (C=O) groups is 1. The van der Waals surface area contributed by atoms with Crippen LogP contribution in [0.25, 0.3) is 11.0 Å². The molecular formula is C25H23F2N3O2. The molecule has 4 rings (SSSR count). The predicted molar refractivity (Wildman–Crippen MR) is 119 cm³/mol. The maximum Gasteiger partial charge on any atom is 0.320 e. The summed E-state index contributed by atoms with van der Waals surface area (Å²) in [4.78, 5) is 16.9. The quantitative estimate of drug-likeness (QED) is 0.395. The molecule has 0 fully saturated rings. The molecule has 1 N–H and O–H groups in total. The second-order valence-electron chi connectivity index (χ2n) is 7.52. The molecule has 0 aliphatic carbocycles. The summed E-state index contributed by atoms with van der Waals surface area (Å²) in [7, 11) is 0. The van der Waals surface area contributed by atoms with Crippen LogP contribution in [0.2, 0.25) is 0 Å². The van der Waals surface area contributed by atoms with Gasteiger partial charge in [-0.3, -0.25) is 9.36 Å². The Balaban J connectivity index is 1.37. The largest absolute Gasteiger partial charge is 0.489 e. The highest BCUT2D eigenvalue weighted by molar-refractivity contribution is 5.94. The van der Waals surface area contributed by atoms with Gasteiger partial charge in [-0.2, -0.15) is 8.78 Å². The highest BCUT2D eigenvalue weighted by Crippen LogP contribution is 2.27. The lowest BCUT2D eigenvalue weighted by atomic mass is 10.1. The molecule has 0 saturated carbocycles. The molecule has 0 radical (unpaired) electrons. The van der Waals surface area contributed by atoms with Crippen molar-refractivity contribution in [2.75, 3.05) is 6.54 Å². The summed E-state index contributed by atoms with van der Waals surface area (Å²) in [5, 5.41) is 2.81. The van der Waals surface area contributed by atoms with E-state index in [0.717, 1.165) is 10.1 Å². The number of hydrogen-bond acceptors (Lipinski definition) is 3. The molecule has 0 spiro atoms. The Labute approximate surface area is 184 Å². The van der Waals surface area contributed by atoms with Crippen molar-refractivity contribution in [1.29, 1.82) is 0 Å². The van der Waals surface area contributed by atoms with Crippen LogP contribution in [0, 0.1) is 0 Å². The smallest absolute Gasteiger partial charge is 0.320 e. The highest BCUT2D eigenvalue weighted by atomic mass is 19.3. The Morgan fingerprint density at radius 3 is 2.41 bits per heavy atom. The van der Waals surface area contributed by atoms with E-state index in [1.165, 1.54) is 0 Å². The van der Waals surface area contributed by atoms with Gasteiger partial charge in [0.2, 0.25) is 0 Å². The molecule has 5 nitrogen and oxygen atoms in total. The fraction of sp³-hybridized carbons (Fsp3) is 0.200. The van der Waals surface area contributed by atoms with Crippen molar-refractivity contribution < 1.29 is 18.3 Å². The zero-order valence-electron chi connectivity index (χ0n) is 17.5. The van der Waals surface area contributed by atoms with Crippen molar-refractivity contribution in [3.8, 4) is 5.75 Å². The third-order valence-corrected chi connectivity index (χ3v) is 5.19. The normalized spacial score (nSPS) is 12.1. The molecular weight excluding hydrogens is 412 g/mol. The molecule has 0 bridgehead atoms. The molecule has 0 aliphatic rings. The van der Waals surface area contributed by atoms with Gasteiger partial charge in [0.25, 0.3) is 5.91 Å². The third-order valence-electron chi connectivity index (χ3n) is 5.19. The van der Waals surface area contributed by atoms with E-state index in [-0.39, 0.29) is 18.3 Å². The van der Waals surface area contributed by atoms with E-state index in [4.69, 9.17) is 4.74 Å². The molecule has 3 aromatic carbocycles. The van der Waals surface area contributed by atoms with E-state index in [0.29, 0.717) is 29.0 Å². The van der Waals surface area contributed by atoms with E-state index >= 15 is 0 Å². The van der Waals surface area contributed by atoms with Crippen LogP contribution in [0.1, 0.15) is 41.1 Å². The van der Waals surface area contributed by atoms with Gasteiger partial charge in [-0.1, -0.05) is 49.4 Å². The summed E-state index contributed by atoms with van der Waals surface area (Å²) in [6, 6.07) is 23.4. The van der Waals surface area contributed by atoms with Crippen LogP contribution in [0.5, 0.6) is 5.75 Å². The number of carbonyl (C=O) groups excluding carboxylic acids is 1. The number of alkyl halides is 2. The first-order valence-electron chi connectivity index (χ1n) is 10.3. The average molecular weight is 435 g/mol. The molecule has 0 aliphatic heterocycles. The van der Waals surface area contributed by atoms with Crippen LogP contribution in [-0.4, -0.2) is 22.0 Å². The first-order valence-corrected chi connectivity index (χ1v) is 10.3. The van der Waals surface area contributed by atoms with Gasteiger partial charge in [0.1, 0.15) is 18.2 Å². The van der Waals surface area contributed by atoms with Crippen molar-refractivity contribution in [1.82, 2.24) is 14.9 Å². The summed E-state index contributed by atoms with van der Waals surface area (Å²) >= 11 is 0. The minimum absolute atomic E-state index is 0.182. The van der Waals surface area contributed by atoms with Crippen LogP contribution in [-0.2, 0) is 6.61 Å². The second-order valence-corrected chi connectivity index (χ2v) is 7.52. The fourth-order valence-corrected chi connectivity index (χ4v) is 3.50. The Bertz CT molecular complexity index is 1190. The number of nitrogens with one attached hydrogen (secondary N) is 1. The first kappa shape index (κ1) is 21.5. The molecule has 1 atom stereocenters. The number of benzene rings is 3. The average Bonchev–Trinajstić information content (AvgIpc) is 3.22. The first-order chi connectivity index (χ1) is 15.5. The Hall–Kier alpha value is -3.74. The highest BCUT2D eigenvalue weighted by Gasteiger charge is 2.22. The minimum atomic E-state index is -2.71. The molecule has 1 amide bonds. The van der Waals surface area contributed by atoms with Crippen LogP contribution >= 0.6 is 0 Å². The Morgan fingerprint density at radius 2 is 1.69 bits per heavy atom. The number of para-hydroxylation sites is 2. The van der Waals surface area contributed by atoms with Gasteiger partial charge < -0.3 is 10.1 Å². The maximum absolute atomic E-state index is 13.6. The number of amides is 1. The molecule has 0 saturated heterocycles. The van der Waals surface area contributed by atoms with E-state index in [1.54, 1.807) is 55.5 Å². The van der Waals surface area contributed by atoms with Gasteiger partial charge >= 0.3 is 6.55 Å². The zero-order valence-corrected chi connectivity index (χ0v) is 17.5. The third kappa shape index (κ3) is 4.77. The lowest BCUT2D eigenvalue weighted by Crippen LogP contribution is -2.28. The van der Waals surface area contributed by atoms with E-state index in [9.17, 15) is 13.6 Å². The van der Waals surface area contributed by atoms with Gasteiger partial charge in [-0.25, -0.2) is 4.98 Å². The molecule has 1 aromatic heterocycles. The summed E-state index contributed by atoms with van der Waals surface area (Å²) in [6.07, 6.45) is 0. The van der Waals surface area contributed by atoms with Crippen LogP contribution in [0.15, 0.2) is 78.9 Å². The Morgan fingerprint density at radius 1 is 1.00 bits per heavy atom. The molecule has 7 heteroatoms. The molecule has 32 heavy (non-hydrogen) atoms. The summed E-state index contributed by atoms with van der Waals surface area (Å²) in [6.45, 7) is -0.323. The van der Waals surface area contributed by atoms with E-state index in [2.05, 4.69) is 10.3 Å². The van der Waals surface area contributed by atoms with Crippen LogP contribution in [0.4, 0.5) is 8.78 Å². The van der Waals surface area contributed by atoms with Crippen molar-refractivity contribution in [3.63, 3.8) is 0 Å². The number of aromatic nitrogens is 2. The molecule has 4 aromatic rings. The summed E-state index contributed by atoms with van der Waals surface area (Å²) in [5.41, 5.74) is 2.40. The maximum atomic E-state index is 13.6. The summed E-state index contributed by atoms with van der Waals surface area (Å²) < 4.78 is 34.0. The zero-order chi connectivity index (χ0) is 22.5. The lowest BCUT2D eigenvalue weighted by Gasteiger charge is -2.15. The van der Waals surface area contributed by atoms with Gasteiger partial charge in [0, 0.05) is 18.0 Å². The van der Waals surface area contributed by atoms with Gasteiger partial charge in [-0.05, 0) is 42.0 Å². The van der Waals surface area contributed by atoms with Crippen molar-refractivity contribution >= 4 is 16.9 Å². The molecule has 1 unspecified atom stereocenters. The van der Waals surface area contributed by atoms with Crippen molar-refractivity contribution in [2.45, 2.75) is 26.0 Å². The SMILES string of the molecule is CC(CNC(=O)c1ccc(OCc2ccccc2)cc1)c1nc2ccccc2n1C(F)F. The van der Waals surface area contributed by atoms with E-state index < -0.39 is 12.5 Å². The number of ether oxygens (including phenoxy) is 1. The van der Waals surface area contributed by atoms with Crippen LogP contribution < -0.4 is 10.1 Å². The number of nitrogens with zero attached hydrogens (tertiary/aromatic N) is 2. The van der Waals surface area contributed by atoms with Crippen molar-refractivity contribution in [2.24, 2.45) is 0 Å². The van der Waals surface area contributed by atoms with Gasteiger partial charge in [0.05, 0.1) is 11.0 Å². The second kappa shape index (κ2) is 9.60. The standard InChI is InChI=1S/C25H23F2N3O2/c1-17(23-29-21-9-5-6-10-22(21)30(23)25(26)27)15-28-24(31)19-11-13-20(14-12-19)32-16-18-7-3-2-4-8-18/h2-14,17,25H,15-16H2,1H3,(H,28,31). The molecule has 1 heterocycles. The Kier molecular flexibility index (Phi) is 6.44. The minimum Gasteiger partial charge on any atom is -0.489 e. The van der Waals surface area contributed by atoms with Crippen LogP contribution in [0.3, 0.4) is 0 Å². The monoisotopic (exact) mass is 435 g/mol. The van der Waals surface area contributed by atoms with Crippen molar-refractivity contribution in [3.05, 3.63) is 95.8 Å². The van der Waals surface area contributed by atoms with Gasteiger partial charge in [0.15, 0.2) is 0 Å².